The first kappa shape index (κ1) is 14.4. The topological polar surface area (TPSA) is 29.9 Å². The number of nitrogens with one attached hydrogen (secondary N) is 1. The molecular formula is C14H16F3N3. The van der Waals surface area contributed by atoms with Gasteiger partial charge in [-0.15, -0.1) is 0 Å². The largest absolute Gasteiger partial charge is 0.416 e. The highest BCUT2D eigenvalue weighted by Gasteiger charge is 2.32. The average molecular weight is 283 g/mol. The molecule has 108 valence electrons. The van der Waals surface area contributed by atoms with E-state index in [4.69, 9.17) is 0 Å². The quantitative estimate of drug-likeness (QED) is 0.925. The Bertz CT molecular complexity index is 602. The van der Waals surface area contributed by atoms with Crippen molar-refractivity contribution in [2.24, 2.45) is 7.05 Å². The van der Waals surface area contributed by atoms with Crippen LogP contribution in [0.25, 0.3) is 0 Å². The zero-order valence-electron chi connectivity index (χ0n) is 11.5. The Morgan fingerprint density at radius 3 is 2.55 bits per heavy atom. The molecule has 1 N–H and O–H groups in total. The molecule has 1 heterocycles. The van der Waals surface area contributed by atoms with E-state index in [0.717, 1.165) is 11.6 Å². The lowest BCUT2D eigenvalue weighted by molar-refractivity contribution is -0.138. The molecule has 3 nitrogen and oxygen atoms in total. The van der Waals surface area contributed by atoms with Crippen LogP contribution in [0.15, 0.2) is 30.6 Å². The number of benzene rings is 1. The van der Waals surface area contributed by atoms with Crippen LogP contribution >= 0.6 is 0 Å². The Hall–Kier alpha value is -1.98. The highest BCUT2D eigenvalue weighted by molar-refractivity contribution is 5.50. The molecule has 0 bridgehead atoms. The van der Waals surface area contributed by atoms with Gasteiger partial charge in [-0.05, 0) is 31.5 Å². The highest BCUT2D eigenvalue weighted by Crippen LogP contribution is 2.34. The fraction of sp³-hybridized carbons (Fsp3) is 0.357. The first-order chi connectivity index (χ1) is 9.27. The van der Waals surface area contributed by atoms with Crippen LogP contribution in [0.2, 0.25) is 0 Å². The lowest BCUT2D eigenvalue weighted by atomic mass is 10.1. The molecule has 0 radical (unpaired) electrons. The molecule has 6 heteroatoms. The van der Waals surface area contributed by atoms with Crippen molar-refractivity contribution in [2.45, 2.75) is 26.1 Å². The third kappa shape index (κ3) is 3.12. The van der Waals surface area contributed by atoms with E-state index in [1.165, 1.54) is 13.0 Å². The molecular weight excluding hydrogens is 267 g/mol. The summed E-state index contributed by atoms with van der Waals surface area (Å²) in [4.78, 5) is 0. The summed E-state index contributed by atoms with van der Waals surface area (Å²) < 4.78 is 40.2. The van der Waals surface area contributed by atoms with E-state index in [2.05, 4.69) is 10.4 Å². The lowest BCUT2D eigenvalue weighted by Gasteiger charge is -2.17. The van der Waals surface area contributed by atoms with Crippen LogP contribution in [0.4, 0.5) is 18.9 Å². The summed E-state index contributed by atoms with van der Waals surface area (Å²) in [6.07, 6.45) is -0.813. The first-order valence-corrected chi connectivity index (χ1v) is 6.20. The number of nitrogens with zero attached hydrogens (tertiary/aromatic N) is 2. The van der Waals surface area contributed by atoms with Crippen LogP contribution in [0, 0.1) is 6.92 Å². The molecule has 1 unspecified atom stereocenters. The van der Waals surface area contributed by atoms with Crippen LogP contribution in [-0.4, -0.2) is 9.78 Å². The number of rotatable bonds is 3. The molecule has 0 aliphatic rings. The SMILES string of the molecule is Cc1ccc(NC(C)c2cnn(C)c2)cc1C(F)(F)F. The van der Waals surface area contributed by atoms with E-state index in [9.17, 15) is 13.2 Å². The average Bonchev–Trinajstić information content (AvgIpc) is 2.77. The van der Waals surface area contributed by atoms with Gasteiger partial charge in [-0.25, -0.2) is 0 Å². The molecule has 0 fully saturated rings. The van der Waals surface area contributed by atoms with Crippen LogP contribution in [0.1, 0.15) is 29.7 Å². The minimum Gasteiger partial charge on any atom is -0.378 e. The second-order valence-corrected chi connectivity index (χ2v) is 4.84. The van der Waals surface area contributed by atoms with E-state index in [-0.39, 0.29) is 11.6 Å². The fourth-order valence-corrected chi connectivity index (χ4v) is 2.01. The number of aryl methyl sites for hydroxylation is 2. The second-order valence-electron chi connectivity index (χ2n) is 4.84. The molecule has 0 saturated carbocycles. The molecule has 1 aromatic heterocycles. The van der Waals surface area contributed by atoms with E-state index in [0.29, 0.717) is 5.69 Å². The van der Waals surface area contributed by atoms with Crippen molar-refractivity contribution in [3.63, 3.8) is 0 Å². The molecule has 2 rings (SSSR count). The number of hydrogen-bond donors (Lipinski definition) is 1. The number of hydrogen-bond acceptors (Lipinski definition) is 2. The highest BCUT2D eigenvalue weighted by atomic mass is 19.4. The van der Waals surface area contributed by atoms with Gasteiger partial charge in [0.2, 0.25) is 0 Å². The number of aromatic nitrogens is 2. The van der Waals surface area contributed by atoms with Crippen molar-refractivity contribution < 1.29 is 13.2 Å². The summed E-state index contributed by atoms with van der Waals surface area (Å²) in [6.45, 7) is 3.33. The van der Waals surface area contributed by atoms with E-state index in [1.807, 2.05) is 13.1 Å². The monoisotopic (exact) mass is 283 g/mol. The summed E-state index contributed by atoms with van der Waals surface area (Å²) >= 11 is 0. The molecule has 0 saturated heterocycles. The molecule has 0 spiro atoms. The zero-order valence-corrected chi connectivity index (χ0v) is 11.5. The van der Waals surface area contributed by atoms with Gasteiger partial charge in [0.1, 0.15) is 0 Å². The van der Waals surface area contributed by atoms with Gasteiger partial charge in [0.25, 0.3) is 0 Å². The Balaban J connectivity index is 2.22. The summed E-state index contributed by atoms with van der Waals surface area (Å²) in [5, 5.41) is 7.10. The van der Waals surface area contributed by atoms with Gasteiger partial charge in [-0.3, -0.25) is 4.68 Å². The summed E-state index contributed by atoms with van der Waals surface area (Å²) in [7, 11) is 1.80. The fourth-order valence-electron chi connectivity index (χ4n) is 2.01. The summed E-state index contributed by atoms with van der Waals surface area (Å²) in [6, 6.07) is 4.15. The standard InChI is InChI=1S/C14H16F3N3/c1-9-4-5-12(6-13(9)14(15,16)17)19-10(2)11-7-18-20(3)8-11/h4-8,10,19H,1-3H3. The van der Waals surface area contributed by atoms with E-state index >= 15 is 0 Å². The molecule has 2 aromatic rings. The van der Waals surface area contributed by atoms with Crippen molar-refractivity contribution in [2.75, 3.05) is 5.32 Å². The van der Waals surface area contributed by atoms with Gasteiger partial charge < -0.3 is 5.32 Å². The lowest BCUT2D eigenvalue weighted by Crippen LogP contribution is -2.10. The van der Waals surface area contributed by atoms with Crippen molar-refractivity contribution in [1.29, 1.82) is 0 Å². The number of alkyl halides is 3. The molecule has 1 atom stereocenters. The summed E-state index contributed by atoms with van der Waals surface area (Å²) in [5.41, 5.74) is 0.971. The number of anilines is 1. The Kier molecular flexibility index (Phi) is 3.74. The van der Waals surface area contributed by atoms with Gasteiger partial charge in [0.05, 0.1) is 17.8 Å². The maximum absolute atomic E-state index is 12.9. The molecule has 20 heavy (non-hydrogen) atoms. The molecule has 0 aliphatic carbocycles. The maximum atomic E-state index is 12.9. The van der Waals surface area contributed by atoms with Crippen LogP contribution < -0.4 is 5.32 Å². The third-order valence-electron chi connectivity index (χ3n) is 3.15. The summed E-state index contributed by atoms with van der Waals surface area (Å²) in [5.74, 6) is 0. The molecule has 1 aromatic carbocycles. The molecule has 0 aliphatic heterocycles. The van der Waals surface area contributed by atoms with Crippen molar-refractivity contribution in [1.82, 2.24) is 9.78 Å². The Morgan fingerprint density at radius 2 is 2.00 bits per heavy atom. The predicted octanol–water partition coefficient (Wildman–Crippen LogP) is 3.92. The Labute approximate surface area is 115 Å². The first-order valence-electron chi connectivity index (χ1n) is 6.20. The minimum atomic E-state index is -4.33. The number of halogens is 3. The second kappa shape index (κ2) is 5.19. The van der Waals surface area contributed by atoms with Crippen LogP contribution in [0.3, 0.4) is 0 Å². The normalized spacial score (nSPS) is 13.3. The van der Waals surface area contributed by atoms with Gasteiger partial charge in [-0.2, -0.15) is 18.3 Å². The van der Waals surface area contributed by atoms with Gasteiger partial charge in [0.15, 0.2) is 0 Å². The molecule has 0 amide bonds. The van der Waals surface area contributed by atoms with E-state index < -0.39 is 11.7 Å². The zero-order chi connectivity index (χ0) is 14.9. The third-order valence-corrected chi connectivity index (χ3v) is 3.15. The minimum absolute atomic E-state index is 0.118. The van der Waals surface area contributed by atoms with Gasteiger partial charge in [0, 0.05) is 24.5 Å². The van der Waals surface area contributed by atoms with Gasteiger partial charge >= 0.3 is 6.18 Å². The van der Waals surface area contributed by atoms with Gasteiger partial charge in [-0.1, -0.05) is 6.07 Å². The Morgan fingerprint density at radius 1 is 1.30 bits per heavy atom. The maximum Gasteiger partial charge on any atom is 0.416 e. The van der Waals surface area contributed by atoms with Crippen LogP contribution in [0.5, 0.6) is 0 Å². The van der Waals surface area contributed by atoms with E-state index in [1.54, 1.807) is 24.0 Å². The predicted molar refractivity (Wildman–Crippen MR) is 71.4 cm³/mol. The smallest absolute Gasteiger partial charge is 0.378 e. The van der Waals surface area contributed by atoms with Crippen molar-refractivity contribution >= 4 is 5.69 Å². The van der Waals surface area contributed by atoms with Crippen LogP contribution in [-0.2, 0) is 13.2 Å². The van der Waals surface area contributed by atoms with Crippen molar-refractivity contribution in [3.05, 3.63) is 47.3 Å². The van der Waals surface area contributed by atoms with Crippen molar-refractivity contribution in [3.8, 4) is 0 Å².